The number of carbonyl (C=O) groups excluding carboxylic acids is 1. The van der Waals surface area contributed by atoms with E-state index in [9.17, 15) is 9.18 Å². The number of amides is 1. The Morgan fingerprint density at radius 2 is 2.24 bits per heavy atom. The van der Waals surface area contributed by atoms with Crippen LogP contribution in [0.2, 0.25) is 0 Å². The Morgan fingerprint density at radius 1 is 1.40 bits per heavy atom. The van der Waals surface area contributed by atoms with Crippen LogP contribution >= 0.6 is 11.3 Å². The lowest BCUT2D eigenvalue weighted by Gasteiger charge is -2.41. The Labute approximate surface area is 151 Å². The molecule has 132 valence electrons. The van der Waals surface area contributed by atoms with Crippen molar-refractivity contribution in [1.29, 1.82) is 0 Å². The van der Waals surface area contributed by atoms with Crippen molar-refractivity contribution in [2.24, 2.45) is 5.92 Å². The topological polar surface area (TPSA) is 36.4 Å². The third-order valence-corrected chi connectivity index (χ3v) is 6.05. The second kappa shape index (κ2) is 6.09. The molecule has 2 atom stereocenters. The molecule has 2 aliphatic rings. The van der Waals surface area contributed by atoms with Crippen LogP contribution in [0.15, 0.2) is 35.2 Å². The Kier molecular flexibility index (Phi) is 4.02. The Balaban J connectivity index is 1.57. The van der Waals surface area contributed by atoms with Gasteiger partial charge in [-0.25, -0.2) is 9.37 Å². The summed E-state index contributed by atoms with van der Waals surface area (Å²) >= 11 is 1.45. The molecule has 2 aromatic rings. The highest BCUT2D eigenvalue weighted by Gasteiger charge is 2.48. The van der Waals surface area contributed by atoms with Crippen LogP contribution in [0.25, 0.3) is 0 Å². The smallest absolute Gasteiger partial charge is 0.273 e. The van der Waals surface area contributed by atoms with E-state index in [0.29, 0.717) is 17.7 Å². The van der Waals surface area contributed by atoms with E-state index in [1.165, 1.54) is 17.4 Å². The number of aromatic nitrogens is 1. The van der Waals surface area contributed by atoms with Gasteiger partial charge in [-0.15, -0.1) is 11.3 Å². The summed E-state index contributed by atoms with van der Waals surface area (Å²) in [7, 11) is 0. The van der Waals surface area contributed by atoms with Crippen LogP contribution in [0.4, 0.5) is 10.1 Å². The molecular formula is C19H22FN3OS. The second-order valence-corrected chi connectivity index (χ2v) is 8.33. The summed E-state index contributed by atoms with van der Waals surface area (Å²) in [5.74, 6) is 0.226. The van der Waals surface area contributed by atoms with Gasteiger partial charge < -0.3 is 9.80 Å². The van der Waals surface area contributed by atoms with Crippen LogP contribution in [0, 0.1) is 11.7 Å². The lowest BCUT2D eigenvalue weighted by molar-refractivity contribution is 0.0662. The first-order valence-electron chi connectivity index (χ1n) is 8.68. The number of nitrogens with zero attached hydrogens (tertiary/aromatic N) is 3. The van der Waals surface area contributed by atoms with Crippen molar-refractivity contribution in [3.8, 4) is 0 Å². The van der Waals surface area contributed by atoms with Crippen molar-refractivity contribution in [3.63, 3.8) is 0 Å². The van der Waals surface area contributed by atoms with E-state index in [-0.39, 0.29) is 17.3 Å². The Morgan fingerprint density at radius 3 is 2.96 bits per heavy atom. The standard InChI is InChI=1S/C19H22FN3OS/c1-19(2)9-13-10-22(18(24)16-11-25-12-21-16)7-6-17(13)23(19)15-5-3-4-14(20)8-15/h3-5,8,11-13,17H,6-7,9-10H2,1-2H3/t13-,17+/m1/s1. The van der Waals surface area contributed by atoms with Crippen molar-refractivity contribution < 1.29 is 9.18 Å². The van der Waals surface area contributed by atoms with Crippen LogP contribution in [-0.4, -0.2) is 40.5 Å². The fourth-order valence-corrected chi connectivity index (χ4v) is 5.11. The molecule has 2 fully saturated rings. The van der Waals surface area contributed by atoms with Crippen molar-refractivity contribution in [2.75, 3.05) is 18.0 Å². The quantitative estimate of drug-likeness (QED) is 0.818. The molecule has 0 aliphatic carbocycles. The third kappa shape index (κ3) is 2.92. The average molecular weight is 359 g/mol. The van der Waals surface area contributed by atoms with Gasteiger partial charge in [0.2, 0.25) is 0 Å². The maximum atomic E-state index is 13.7. The van der Waals surface area contributed by atoms with Gasteiger partial charge in [0.05, 0.1) is 5.51 Å². The fourth-order valence-electron chi connectivity index (χ4n) is 4.58. The number of thiazole rings is 1. The third-order valence-electron chi connectivity index (χ3n) is 5.46. The van der Waals surface area contributed by atoms with Gasteiger partial charge in [-0.3, -0.25) is 4.79 Å². The molecule has 1 amide bonds. The van der Waals surface area contributed by atoms with E-state index in [2.05, 4.69) is 23.7 Å². The lowest BCUT2D eigenvalue weighted by Crippen LogP contribution is -2.50. The molecule has 6 heteroatoms. The van der Waals surface area contributed by atoms with Gasteiger partial charge in [-0.2, -0.15) is 0 Å². The molecule has 0 bridgehead atoms. The van der Waals surface area contributed by atoms with Crippen LogP contribution in [0.5, 0.6) is 0 Å². The lowest BCUT2D eigenvalue weighted by atomic mass is 9.89. The number of halogens is 1. The molecule has 1 aromatic carbocycles. The monoisotopic (exact) mass is 359 g/mol. The molecule has 0 spiro atoms. The van der Waals surface area contributed by atoms with E-state index < -0.39 is 0 Å². The molecule has 0 N–H and O–H groups in total. The number of hydrogen-bond acceptors (Lipinski definition) is 4. The van der Waals surface area contributed by atoms with Crippen LogP contribution in [0.3, 0.4) is 0 Å². The normalized spacial score (nSPS) is 25.1. The molecule has 0 radical (unpaired) electrons. The highest BCUT2D eigenvalue weighted by atomic mass is 32.1. The molecule has 4 rings (SSSR count). The highest BCUT2D eigenvalue weighted by molar-refractivity contribution is 7.07. The minimum Gasteiger partial charge on any atom is -0.363 e. The minimum atomic E-state index is -0.201. The van der Waals surface area contributed by atoms with E-state index in [1.807, 2.05) is 16.3 Å². The zero-order chi connectivity index (χ0) is 17.6. The maximum absolute atomic E-state index is 13.7. The van der Waals surface area contributed by atoms with Gasteiger partial charge >= 0.3 is 0 Å². The molecular weight excluding hydrogens is 337 g/mol. The summed E-state index contributed by atoms with van der Waals surface area (Å²) in [5.41, 5.74) is 3.13. The Hall–Kier alpha value is -1.95. The Bertz CT molecular complexity index is 777. The van der Waals surface area contributed by atoms with Gasteiger partial charge in [0, 0.05) is 35.7 Å². The number of likely N-dealkylation sites (tertiary alicyclic amines) is 1. The zero-order valence-corrected chi connectivity index (χ0v) is 15.3. The summed E-state index contributed by atoms with van der Waals surface area (Å²) in [5, 5.41) is 1.81. The minimum absolute atomic E-state index is 0.0294. The molecule has 2 saturated heterocycles. The molecule has 4 nitrogen and oxygen atoms in total. The second-order valence-electron chi connectivity index (χ2n) is 7.61. The first-order chi connectivity index (χ1) is 12.0. The van der Waals surface area contributed by atoms with Crippen molar-refractivity contribution in [2.45, 2.75) is 38.3 Å². The number of carbonyl (C=O) groups is 1. The van der Waals surface area contributed by atoms with Crippen molar-refractivity contribution in [3.05, 3.63) is 46.7 Å². The molecule has 1 aromatic heterocycles. The first kappa shape index (κ1) is 16.5. The maximum Gasteiger partial charge on any atom is 0.273 e. The van der Waals surface area contributed by atoms with E-state index in [1.54, 1.807) is 17.6 Å². The van der Waals surface area contributed by atoms with Crippen LogP contribution < -0.4 is 4.90 Å². The SMILES string of the molecule is CC1(C)C[C@@H]2CN(C(=O)c3cscn3)CC[C@@H]2N1c1cccc(F)c1. The van der Waals surface area contributed by atoms with E-state index in [4.69, 9.17) is 0 Å². The van der Waals surface area contributed by atoms with Gasteiger partial charge in [0.1, 0.15) is 11.5 Å². The molecule has 2 aliphatic heterocycles. The summed E-state index contributed by atoms with van der Waals surface area (Å²) in [4.78, 5) is 21.1. The molecule has 25 heavy (non-hydrogen) atoms. The fraction of sp³-hybridized carbons (Fsp3) is 0.474. The molecule has 0 saturated carbocycles. The summed E-state index contributed by atoms with van der Waals surface area (Å²) in [6, 6.07) is 7.21. The summed E-state index contributed by atoms with van der Waals surface area (Å²) in [6.45, 7) is 5.89. The zero-order valence-electron chi connectivity index (χ0n) is 14.5. The average Bonchev–Trinajstić information content (AvgIpc) is 3.17. The van der Waals surface area contributed by atoms with Gasteiger partial charge in [-0.05, 0) is 50.8 Å². The highest BCUT2D eigenvalue weighted by Crippen LogP contribution is 2.44. The number of anilines is 1. The first-order valence-corrected chi connectivity index (χ1v) is 9.62. The van der Waals surface area contributed by atoms with Gasteiger partial charge in [0.25, 0.3) is 5.91 Å². The van der Waals surface area contributed by atoms with Gasteiger partial charge in [0.15, 0.2) is 0 Å². The number of hydrogen-bond donors (Lipinski definition) is 0. The predicted octanol–water partition coefficient (Wildman–Crippen LogP) is 3.80. The summed E-state index contributed by atoms with van der Waals surface area (Å²) < 4.78 is 13.7. The van der Waals surface area contributed by atoms with Crippen LogP contribution in [-0.2, 0) is 0 Å². The summed E-state index contributed by atoms with van der Waals surface area (Å²) in [6.07, 6.45) is 1.90. The number of piperidine rings is 1. The van der Waals surface area contributed by atoms with Crippen LogP contribution in [0.1, 0.15) is 37.2 Å². The number of fused-ring (bicyclic) bond motifs is 1. The predicted molar refractivity (Wildman–Crippen MR) is 97.5 cm³/mol. The van der Waals surface area contributed by atoms with E-state index in [0.717, 1.165) is 31.6 Å². The van der Waals surface area contributed by atoms with Gasteiger partial charge in [-0.1, -0.05) is 6.07 Å². The molecule has 0 unspecified atom stereocenters. The van der Waals surface area contributed by atoms with E-state index >= 15 is 0 Å². The van der Waals surface area contributed by atoms with Crippen molar-refractivity contribution in [1.82, 2.24) is 9.88 Å². The number of rotatable bonds is 2. The molecule has 3 heterocycles. The van der Waals surface area contributed by atoms with Crippen molar-refractivity contribution >= 4 is 22.9 Å². The number of benzene rings is 1. The largest absolute Gasteiger partial charge is 0.363 e.